The maximum atomic E-state index is 13.2. The molecule has 1 atom stereocenters. The molecule has 1 amide bonds. The Morgan fingerprint density at radius 3 is 2.59 bits per heavy atom. The van der Waals surface area contributed by atoms with Crippen molar-refractivity contribution >= 4 is 33.4 Å². The molecule has 7 heteroatoms. The van der Waals surface area contributed by atoms with E-state index in [1.54, 1.807) is 19.1 Å². The number of nitrogens with zero attached hydrogens (tertiary/aromatic N) is 3. The summed E-state index contributed by atoms with van der Waals surface area (Å²) in [7, 11) is 3.23. The topological polar surface area (TPSA) is 65.8 Å². The highest BCUT2D eigenvalue weighted by atomic mass is 16.5. The second kappa shape index (κ2) is 10.7. The Morgan fingerprint density at radius 2 is 1.72 bits per heavy atom. The zero-order valence-electron chi connectivity index (χ0n) is 22.2. The Hall–Kier alpha value is -4.52. The number of methoxy groups -OCH3 is 2. The second-order valence-corrected chi connectivity index (χ2v) is 9.73. The molecule has 1 fully saturated rings. The zero-order chi connectivity index (χ0) is 26.8. The molecule has 2 heterocycles. The molecule has 39 heavy (non-hydrogen) atoms. The number of para-hydroxylation sites is 2. The van der Waals surface area contributed by atoms with Crippen LogP contribution in [0.1, 0.15) is 24.6 Å². The monoisotopic (exact) mass is 521 g/mol. The van der Waals surface area contributed by atoms with Crippen LogP contribution in [0.5, 0.6) is 17.2 Å². The number of rotatable bonds is 9. The number of hydrogen-bond donors (Lipinski definition) is 0. The molecule has 0 saturated carbocycles. The van der Waals surface area contributed by atoms with Crippen molar-refractivity contribution in [2.45, 2.75) is 25.3 Å². The van der Waals surface area contributed by atoms with Gasteiger partial charge in [0, 0.05) is 36.9 Å². The van der Waals surface area contributed by atoms with Crippen LogP contribution in [0, 0.1) is 0 Å². The number of benzene rings is 4. The van der Waals surface area contributed by atoms with E-state index in [0.717, 1.165) is 46.6 Å². The average molecular weight is 522 g/mol. The van der Waals surface area contributed by atoms with E-state index in [9.17, 15) is 4.79 Å². The molecular formula is C32H31N3O4. The van der Waals surface area contributed by atoms with Crippen molar-refractivity contribution < 1.29 is 19.0 Å². The van der Waals surface area contributed by atoms with Gasteiger partial charge >= 0.3 is 0 Å². The summed E-state index contributed by atoms with van der Waals surface area (Å²) in [5.41, 5.74) is 2.73. The summed E-state index contributed by atoms with van der Waals surface area (Å²) in [5, 5.41) is 2.28. The minimum Gasteiger partial charge on any atom is -0.497 e. The van der Waals surface area contributed by atoms with Gasteiger partial charge in [0.2, 0.25) is 5.91 Å². The molecule has 1 saturated heterocycles. The molecule has 4 aromatic carbocycles. The maximum Gasteiger partial charge on any atom is 0.227 e. The van der Waals surface area contributed by atoms with Crippen LogP contribution in [0.2, 0.25) is 0 Å². The lowest BCUT2D eigenvalue weighted by molar-refractivity contribution is -0.117. The summed E-state index contributed by atoms with van der Waals surface area (Å²) in [6.07, 6.45) is 1.20. The van der Waals surface area contributed by atoms with Gasteiger partial charge < -0.3 is 23.7 Å². The molecule has 1 aromatic heterocycles. The summed E-state index contributed by atoms with van der Waals surface area (Å²) < 4.78 is 19.4. The first-order valence-electron chi connectivity index (χ1n) is 13.2. The van der Waals surface area contributed by atoms with E-state index in [2.05, 4.69) is 28.8 Å². The number of hydrogen-bond acceptors (Lipinski definition) is 5. The Kier molecular flexibility index (Phi) is 6.80. The van der Waals surface area contributed by atoms with E-state index in [1.165, 1.54) is 5.39 Å². The van der Waals surface area contributed by atoms with Gasteiger partial charge in [0.15, 0.2) is 0 Å². The van der Waals surface area contributed by atoms with Gasteiger partial charge in [-0.25, -0.2) is 4.98 Å². The number of imidazole rings is 1. The highest BCUT2D eigenvalue weighted by Gasteiger charge is 2.36. The van der Waals surface area contributed by atoms with Crippen LogP contribution in [-0.4, -0.2) is 42.8 Å². The minimum absolute atomic E-state index is 0.0419. The SMILES string of the molecule is COc1ccc(OC)c(N2CC(c3nc4ccccc4n3CCCOc3cccc4ccccc34)CC2=O)c1. The predicted molar refractivity (Wildman–Crippen MR) is 153 cm³/mol. The van der Waals surface area contributed by atoms with Crippen LogP contribution in [0.3, 0.4) is 0 Å². The van der Waals surface area contributed by atoms with E-state index in [1.807, 2.05) is 60.7 Å². The normalized spacial score (nSPS) is 15.3. The standard InChI is InChI=1S/C32H31N3O4/c1-37-24-15-16-30(38-2)28(20-24)35-21-23(19-31(35)36)32-33-26-12-5-6-13-27(26)34(32)17-8-18-39-29-14-7-10-22-9-3-4-11-25(22)29/h3-7,9-16,20,23H,8,17-19,21H2,1-2H3. The van der Waals surface area contributed by atoms with E-state index in [-0.39, 0.29) is 11.8 Å². The number of carbonyl (C=O) groups is 1. The van der Waals surface area contributed by atoms with Crippen molar-refractivity contribution in [1.82, 2.24) is 9.55 Å². The van der Waals surface area contributed by atoms with Crippen molar-refractivity contribution in [2.75, 3.05) is 32.3 Å². The first kappa shape index (κ1) is 24.8. The van der Waals surface area contributed by atoms with E-state index >= 15 is 0 Å². The molecule has 198 valence electrons. The van der Waals surface area contributed by atoms with Crippen molar-refractivity contribution in [3.05, 3.63) is 90.8 Å². The van der Waals surface area contributed by atoms with Crippen LogP contribution in [0.25, 0.3) is 21.8 Å². The van der Waals surface area contributed by atoms with Gasteiger partial charge in [-0.05, 0) is 42.1 Å². The molecule has 0 spiro atoms. The number of ether oxygens (including phenoxy) is 3. The van der Waals surface area contributed by atoms with Gasteiger partial charge in [-0.3, -0.25) is 4.79 Å². The second-order valence-electron chi connectivity index (χ2n) is 9.73. The van der Waals surface area contributed by atoms with E-state index < -0.39 is 0 Å². The number of aryl methyl sites for hydroxylation is 1. The molecule has 0 N–H and O–H groups in total. The van der Waals surface area contributed by atoms with Gasteiger partial charge in [-0.2, -0.15) is 0 Å². The molecule has 1 aliphatic rings. The van der Waals surface area contributed by atoms with Crippen molar-refractivity contribution in [3.8, 4) is 17.2 Å². The quantitative estimate of drug-likeness (QED) is 0.216. The summed E-state index contributed by atoms with van der Waals surface area (Å²) in [5.74, 6) is 3.15. The molecule has 6 rings (SSSR count). The fourth-order valence-corrected chi connectivity index (χ4v) is 5.49. The summed E-state index contributed by atoms with van der Waals surface area (Å²) in [6, 6.07) is 28.1. The molecule has 7 nitrogen and oxygen atoms in total. The molecular weight excluding hydrogens is 490 g/mol. The number of aromatic nitrogens is 2. The predicted octanol–water partition coefficient (Wildman–Crippen LogP) is 6.20. The molecule has 5 aromatic rings. The number of fused-ring (bicyclic) bond motifs is 2. The summed E-state index contributed by atoms with van der Waals surface area (Å²) in [4.78, 5) is 20.0. The lowest BCUT2D eigenvalue weighted by Crippen LogP contribution is -2.25. The van der Waals surface area contributed by atoms with Gasteiger partial charge in [0.05, 0.1) is 37.5 Å². The lowest BCUT2D eigenvalue weighted by atomic mass is 10.1. The van der Waals surface area contributed by atoms with Crippen LogP contribution in [0.4, 0.5) is 5.69 Å². The van der Waals surface area contributed by atoms with Crippen molar-refractivity contribution in [2.24, 2.45) is 0 Å². The number of amides is 1. The maximum absolute atomic E-state index is 13.2. The highest BCUT2D eigenvalue weighted by molar-refractivity contribution is 5.98. The molecule has 1 aliphatic heterocycles. The lowest BCUT2D eigenvalue weighted by Gasteiger charge is -2.20. The van der Waals surface area contributed by atoms with Gasteiger partial charge in [-0.1, -0.05) is 48.5 Å². The summed E-state index contributed by atoms with van der Waals surface area (Å²) >= 11 is 0. The largest absolute Gasteiger partial charge is 0.497 e. The Balaban J connectivity index is 1.23. The third-order valence-corrected chi connectivity index (χ3v) is 7.38. The van der Waals surface area contributed by atoms with Gasteiger partial charge in [0.25, 0.3) is 0 Å². The first-order chi connectivity index (χ1) is 19.2. The van der Waals surface area contributed by atoms with Crippen LogP contribution < -0.4 is 19.1 Å². The van der Waals surface area contributed by atoms with Crippen LogP contribution in [0.15, 0.2) is 84.9 Å². The van der Waals surface area contributed by atoms with Crippen LogP contribution in [-0.2, 0) is 11.3 Å². The van der Waals surface area contributed by atoms with E-state index in [4.69, 9.17) is 19.2 Å². The average Bonchev–Trinajstić information content (AvgIpc) is 3.55. The zero-order valence-corrected chi connectivity index (χ0v) is 22.2. The van der Waals surface area contributed by atoms with Crippen LogP contribution >= 0.6 is 0 Å². The smallest absolute Gasteiger partial charge is 0.227 e. The third kappa shape index (κ3) is 4.76. The Morgan fingerprint density at radius 1 is 0.897 bits per heavy atom. The third-order valence-electron chi connectivity index (χ3n) is 7.38. The molecule has 1 unspecified atom stereocenters. The number of carbonyl (C=O) groups excluding carboxylic acids is 1. The minimum atomic E-state index is -0.0419. The fourth-order valence-electron chi connectivity index (χ4n) is 5.49. The Bertz CT molecular complexity index is 1640. The molecule has 0 aliphatic carbocycles. The summed E-state index contributed by atoms with van der Waals surface area (Å²) in [6.45, 7) is 1.85. The van der Waals surface area contributed by atoms with Crippen molar-refractivity contribution in [3.63, 3.8) is 0 Å². The molecule has 0 bridgehead atoms. The van der Waals surface area contributed by atoms with Gasteiger partial charge in [0.1, 0.15) is 23.1 Å². The van der Waals surface area contributed by atoms with Gasteiger partial charge in [-0.15, -0.1) is 0 Å². The first-order valence-corrected chi connectivity index (χ1v) is 13.2. The Labute approximate surface area is 227 Å². The fraction of sp³-hybridized carbons (Fsp3) is 0.250. The van der Waals surface area contributed by atoms with Crippen molar-refractivity contribution in [1.29, 1.82) is 0 Å². The molecule has 0 radical (unpaired) electrons. The number of anilines is 1. The highest BCUT2D eigenvalue weighted by Crippen LogP contribution is 2.39. The van der Waals surface area contributed by atoms with E-state index in [0.29, 0.717) is 31.1 Å².